The van der Waals surface area contributed by atoms with Gasteiger partial charge in [0.1, 0.15) is 5.75 Å². The second-order valence-corrected chi connectivity index (χ2v) is 6.38. The number of amides is 1. The zero-order chi connectivity index (χ0) is 16.9. The van der Waals surface area contributed by atoms with Crippen molar-refractivity contribution in [1.82, 2.24) is 10.3 Å². The van der Waals surface area contributed by atoms with Gasteiger partial charge in [0.05, 0.1) is 6.54 Å². The van der Waals surface area contributed by atoms with Crippen molar-refractivity contribution in [2.24, 2.45) is 5.92 Å². The van der Waals surface area contributed by atoms with Crippen molar-refractivity contribution in [3.63, 3.8) is 0 Å². The Bertz CT molecular complexity index is 736. The molecule has 0 atom stereocenters. The number of ether oxygens (including phenoxy) is 1. The Morgan fingerprint density at radius 3 is 2.65 bits per heavy atom. The lowest BCUT2D eigenvalue weighted by Gasteiger charge is -2.11. The maximum atomic E-state index is 12.0. The molecule has 2 aromatic rings. The lowest BCUT2D eigenvalue weighted by Crippen LogP contribution is -2.29. The number of aryl methyl sites for hydroxylation is 2. The average Bonchev–Trinajstić information content (AvgIpc) is 3.35. The van der Waals surface area contributed by atoms with E-state index in [1.54, 1.807) is 6.20 Å². The molecule has 3 rings (SSSR count). The van der Waals surface area contributed by atoms with Crippen LogP contribution in [0.15, 0.2) is 36.5 Å². The Balaban J connectivity index is 0.00000169. The molecule has 0 saturated heterocycles. The van der Waals surface area contributed by atoms with Crippen LogP contribution in [0.3, 0.4) is 0 Å². The molecule has 0 unspecified atom stereocenters. The number of hydrogen-bond donors (Lipinski definition) is 2. The third-order valence-electron chi connectivity index (χ3n) is 3.99. The third kappa shape index (κ3) is 6.83. The van der Waals surface area contributed by atoms with Gasteiger partial charge < -0.3 is 15.4 Å². The third-order valence-corrected chi connectivity index (χ3v) is 3.99. The molecule has 1 fully saturated rings. The fourth-order valence-electron chi connectivity index (χ4n) is 2.38. The van der Waals surface area contributed by atoms with E-state index in [-0.39, 0.29) is 30.7 Å². The zero-order valence-electron chi connectivity index (χ0n) is 15.0. The summed E-state index contributed by atoms with van der Waals surface area (Å²) in [5, 5.41) is 6.09. The normalized spacial score (nSPS) is 12.5. The highest BCUT2D eigenvalue weighted by atomic mass is 35.5. The minimum Gasteiger partial charge on any atom is -0.439 e. The van der Waals surface area contributed by atoms with Crippen molar-refractivity contribution < 1.29 is 9.53 Å². The van der Waals surface area contributed by atoms with Crippen molar-refractivity contribution >= 4 is 36.4 Å². The standard InChI is InChI=1S/C19H23N3O2.2ClH/c1-13-7-8-21-19(9-13)24-17-10-16(6-3-14(17)2)22-18(23)12-20-11-15-4-5-15;;/h3,6-10,15,20H,4-5,11-12H2,1-2H3,(H,22,23);2*1H. The van der Waals surface area contributed by atoms with Gasteiger partial charge in [-0.25, -0.2) is 4.98 Å². The van der Waals surface area contributed by atoms with Gasteiger partial charge in [-0.1, -0.05) is 6.07 Å². The number of pyridine rings is 1. The molecule has 1 aliphatic carbocycles. The van der Waals surface area contributed by atoms with Gasteiger partial charge in [0.25, 0.3) is 0 Å². The number of benzene rings is 1. The van der Waals surface area contributed by atoms with E-state index in [0.29, 0.717) is 18.2 Å². The predicted octanol–water partition coefficient (Wildman–Crippen LogP) is 4.27. The number of anilines is 1. The average molecular weight is 398 g/mol. The highest BCUT2D eigenvalue weighted by Gasteiger charge is 2.20. The van der Waals surface area contributed by atoms with Crippen molar-refractivity contribution in [1.29, 1.82) is 0 Å². The van der Waals surface area contributed by atoms with E-state index in [2.05, 4.69) is 15.6 Å². The molecule has 1 aromatic heterocycles. The van der Waals surface area contributed by atoms with E-state index >= 15 is 0 Å². The maximum absolute atomic E-state index is 12.0. The number of carbonyl (C=O) groups is 1. The van der Waals surface area contributed by atoms with Crippen molar-refractivity contribution in [3.8, 4) is 11.6 Å². The Hall–Kier alpha value is -1.82. The smallest absolute Gasteiger partial charge is 0.238 e. The summed E-state index contributed by atoms with van der Waals surface area (Å²) in [7, 11) is 0. The Labute approximate surface area is 166 Å². The van der Waals surface area contributed by atoms with Gasteiger partial charge in [-0.3, -0.25) is 4.79 Å². The number of nitrogens with one attached hydrogen (secondary N) is 2. The molecular formula is C19H25Cl2N3O2. The quantitative estimate of drug-likeness (QED) is 0.731. The fourth-order valence-corrected chi connectivity index (χ4v) is 2.38. The second kappa shape index (κ2) is 10.4. The minimum atomic E-state index is -0.0425. The van der Waals surface area contributed by atoms with Crippen molar-refractivity contribution in [2.75, 3.05) is 18.4 Å². The summed E-state index contributed by atoms with van der Waals surface area (Å²) in [4.78, 5) is 16.2. The Kier molecular flexibility index (Phi) is 8.85. The van der Waals surface area contributed by atoms with Crippen LogP contribution in [0.2, 0.25) is 0 Å². The van der Waals surface area contributed by atoms with Crippen LogP contribution in [0, 0.1) is 19.8 Å². The molecule has 142 valence electrons. The summed E-state index contributed by atoms with van der Waals surface area (Å²) in [6.07, 6.45) is 4.28. The molecule has 26 heavy (non-hydrogen) atoms. The van der Waals surface area contributed by atoms with Gasteiger partial charge in [-0.15, -0.1) is 24.8 Å². The number of aromatic nitrogens is 1. The second-order valence-electron chi connectivity index (χ2n) is 6.38. The summed E-state index contributed by atoms with van der Waals surface area (Å²) < 4.78 is 5.86. The molecular weight excluding hydrogens is 373 g/mol. The van der Waals surface area contributed by atoms with Crippen LogP contribution >= 0.6 is 24.8 Å². The van der Waals surface area contributed by atoms with Crippen LogP contribution in [-0.2, 0) is 4.79 Å². The number of carbonyl (C=O) groups excluding carboxylic acids is 1. The number of halogens is 2. The first-order valence-corrected chi connectivity index (χ1v) is 8.32. The van der Waals surface area contributed by atoms with Crippen LogP contribution in [-0.4, -0.2) is 24.0 Å². The summed E-state index contributed by atoms with van der Waals surface area (Å²) >= 11 is 0. The van der Waals surface area contributed by atoms with Crippen LogP contribution in [0.5, 0.6) is 11.6 Å². The largest absolute Gasteiger partial charge is 0.439 e. The molecule has 7 heteroatoms. The summed E-state index contributed by atoms with van der Waals surface area (Å²) in [6, 6.07) is 9.44. The van der Waals surface area contributed by atoms with E-state index in [1.165, 1.54) is 12.8 Å². The topological polar surface area (TPSA) is 63.2 Å². The molecule has 1 amide bonds. The van der Waals surface area contributed by atoms with Crippen LogP contribution in [0.25, 0.3) is 0 Å². The van der Waals surface area contributed by atoms with E-state index in [1.807, 2.05) is 44.2 Å². The lowest BCUT2D eigenvalue weighted by molar-refractivity contribution is -0.115. The van der Waals surface area contributed by atoms with Crippen molar-refractivity contribution in [2.45, 2.75) is 26.7 Å². The molecule has 1 aliphatic rings. The zero-order valence-corrected chi connectivity index (χ0v) is 16.6. The van der Waals surface area contributed by atoms with Gasteiger partial charge in [0.2, 0.25) is 11.8 Å². The molecule has 0 radical (unpaired) electrons. The monoisotopic (exact) mass is 397 g/mol. The van der Waals surface area contributed by atoms with Crippen molar-refractivity contribution in [3.05, 3.63) is 47.7 Å². The van der Waals surface area contributed by atoms with E-state index in [0.717, 1.165) is 29.3 Å². The summed E-state index contributed by atoms with van der Waals surface area (Å²) in [6.45, 7) is 5.22. The van der Waals surface area contributed by atoms with Crippen LogP contribution in [0.4, 0.5) is 5.69 Å². The van der Waals surface area contributed by atoms with Gasteiger partial charge in [0, 0.05) is 24.0 Å². The molecule has 0 aliphatic heterocycles. The highest BCUT2D eigenvalue weighted by molar-refractivity contribution is 5.92. The molecule has 1 heterocycles. The Morgan fingerprint density at radius 1 is 1.19 bits per heavy atom. The fraction of sp³-hybridized carbons (Fsp3) is 0.368. The maximum Gasteiger partial charge on any atom is 0.238 e. The van der Waals surface area contributed by atoms with Crippen LogP contribution < -0.4 is 15.4 Å². The van der Waals surface area contributed by atoms with E-state index in [9.17, 15) is 4.79 Å². The molecule has 1 aromatic carbocycles. The van der Waals surface area contributed by atoms with Gasteiger partial charge in [0.15, 0.2) is 0 Å². The lowest BCUT2D eigenvalue weighted by atomic mass is 10.2. The van der Waals surface area contributed by atoms with Gasteiger partial charge in [-0.2, -0.15) is 0 Å². The Morgan fingerprint density at radius 2 is 1.96 bits per heavy atom. The molecule has 0 bridgehead atoms. The van der Waals surface area contributed by atoms with Gasteiger partial charge in [-0.05, 0) is 62.4 Å². The first-order valence-electron chi connectivity index (χ1n) is 8.32. The first kappa shape index (κ1) is 22.2. The first-order chi connectivity index (χ1) is 11.6. The van der Waals surface area contributed by atoms with E-state index in [4.69, 9.17) is 4.74 Å². The SMILES string of the molecule is Cc1ccnc(Oc2cc(NC(=O)CNCC3CC3)ccc2C)c1.Cl.Cl. The molecule has 2 N–H and O–H groups in total. The molecule has 1 saturated carbocycles. The number of nitrogens with zero attached hydrogens (tertiary/aromatic N) is 1. The minimum absolute atomic E-state index is 0. The molecule has 5 nitrogen and oxygen atoms in total. The van der Waals surface area contributed by atoms with E-state index < -0.39 is 0 Å². The molecule has 0 spiro atoms. The number of hydrogen-bond acceptors (Lipinski definition) is 4. The highest BCUT2D eigenvalue weighted by Crippen LogP contribution is 2.28. The van der Waals surface area contributed by atoms with Gasteiger partial charge >= 0.3 is 0 Å². The summed E-state index contributed by atoms with van der Waals surface area (Å²) in [5.41, 5.74) is 2.80. The number of rotatable bonds is 7. The predicted molar refractivity (Wildman–Crippen MR) is 109 cm³/mol. The van der Waals surface area contributed by atoms with Crippen LogP contribution in [0.1, 0.15) is 24.0 Å². The summed E-state index contributed by atoms with van der Waals surface area (Å²) in [5.74, 6) is 1.96.